The fourth-order valence-corrected chi connectivity index (χ4v) is 6.49. The van der Waals surface area contributed by atoms with Crippen LogP contribution >= 0.6 is 7.14 Å². The van der Waals surface area contributed by atoms with E-state index < -0.39 is 7.14 Å². The fraction of sp³-hybridized carbons (Fsp3) is 0.357. The standard InChI is InChI=1S/C28H33O7P/c29-36(24-7-3-1-4-8-24,25-9-5-2-6-10-25)26-11-12-27-28(23-26)35-22-20-33-18-16-31-14-13-30-15-17-32-19-21-34-27/h1-12,23H,13-22H2. The molecule has 8 heteroatoms. The van der Waals surface area contributed by atoms with E-state index in [1.165, 1.54) is 0 Å². The van der Waals surface area contributed by atoms with E-state index >= 15 is 0 Å². The Bertz CT molecular complexity index is 1050. The number of hydrogen-bond acceptors (Lipinski definition) is 7. The summed E-state index contributed by atoms with van der Waals surface area (Å²) in [6, 6.07) is 24.6. The Hall–Kier alpha value is -2.67. The largest absolute Gasteiger partial charge is 0.487 e. The zero-order chi connectivity index (χ0) is 24.9. The molecule has 0 aliphatic carbocycles. The summed E-state index contributed by atoms with van der Waals surface area (Å²) < 4.78 is 48.9. The van der Waals surface area contributed by atoms with Crippen LogP contribution in [0.4, 0.5) is 0 Å². The van der Waals surface area contributed by atoms with Crippen LogP contribution in [-0.4, -0.2) is 66.1 Å². The highest BCUT2D eigenvalue weighted by molar-refractivity contribution is 7.85. The Labute approximate surface area is 212 Å². The van der Waals surface area contributed by atoms with Crippen LogP contribution in [0.25, 0.3) is 0 Å². The Morgan fingerprint density at radius 1 is 0.444 bits per heavy atom. The lowest BCUT2D eigenvalue weighted by molar-refractivity contribution is -0.00841. The molecular weight excluding hydrogens is 479 g/mol. The molecule has 1 aliphatic rings. The second-order valence-corrected chi connectivity index (χ2v) is 10.8. The van der Waals surface area contributed by atoms with Gasteiger partial charge in [-0.15, -0.1) is 0 Å². The predicted octanol–water partition coefficient (Wildman–Crippen LogP) is 3.16. The maximum atomic E-state index is 14.7. The number of benzene rings is 3. The van der Waals surface area contributed by atoms with E-state index in [-0.39, 0.29) is 0 Å². The fourth-order valence-electron chi connectivity index (χ4n) is 3.83. The first-order chi connectivity index (χ1) is 17.8. The highest BCUT2D eigenvalue weighted by Crippen LogP contribution is 2.44. The van der Waals surface area contributed by atoms with E-state index in [9.17, 15) is 4.57 Å². The predicted molar refractivity (Wildman–Crippen MR) is 140 cm³/mol. The molecule has 3 aromatic carbocycles. The molecule has 0 bridgehead atoms. The van der Waals surface area contributed by atoms with Crippen LogP contribution in [0.5, 0.6) is 11.5 Å². The van der Waals surface area contributed by atoms with Gasteiger partial charge >= 0.3 is 0 Å². The van der Waals surface area contributed by atoms with Crippen LogP contribution in [0.2, 0.25) is 0 Å². The van der Waals surface area contributed by atoms with Gasteiger partial charge in [-0.2, -0.15) is 0 Å². The second-order valence-electron chi connectivity index (χ2n) is 8.06. The number of fused-ring (bicyclic) bond motifs is 1. The van der Waals surface area contributed by atoms with Crippen molar-refractivity contribution in [2.75, 3.05) is 66.1 Å². The Morgan fingerprint density at radius 3 is 1.33 bits per heavy atom. The molecule has 0 amide bonds. The molecule has 0 fully saturated rings. The maximum Gasteiger partial charge on any atom is 0.171 e. The molecule has 0 unspecified atom stereocenters. The van der Waals surface area contributed by atoms with Gasteiger partial charge in [-0.1, -0.05) is 60.7 Å². The lowest BCUT2D eigenvalue weighted by Crippen LogP contribution is -2.25. The molecule has 192 valence electrons. The molecule has 4 rings (SSSR count). The first kappa shape index (κ1) is 26.4. The summed E-state index contributed by atoms with van der Waals surface area (Å²) >= 11 is 0. The molecule has 0 saturated carbocycles. The van der Waals surface area contributed by atoms with Crippen molar-refractivity contribution in [1.29, 1.82) is 0 Å². The molecule has 36 heavy (non-hydrogen) atoms. The topological polar surface area (TPSA) is 72.5 Å². The normalized spacial score (nSPS) is 17.0. The molecule has 7 nitrogen and oxygen atoms in total. The zero-order valence-electron chi connectivity index (χ0n) is 20.4. The number of hydrogen-bond donors (Lipinski definition) is 0. The molecule has 0 radical (unpaired) electrons. The van der Waals surface area contributed by atoms with E-state index in [0.29, 0.717) is 82.9 Å². The first-order valence-electron chi connectivity index (χ1n) is 12.2. The van der Waals surface area contributed by atoms with Crippen molar-refractivity contribution in [3.05, 3.63) is 78.9 Å². The maximum absolute atomic E-state index is 14.7. The highest BCUT2D eigenvalue weighted by atomic mass is 31.2. The molecular formula is C28H33O7P. The lowest BCUT2D eigenvalue weighted by atomic mass is 10.3. The molecule has 0 N–H and O–H groups in total. The van der Waals surface area contributed by atoms with Crippen LogP contribution in [0, 0.1) is 0 Å². The van der Waals surface area contributed by atoms with Gasteiger partial charge in [0.2, 0.25) is 0 Å². The van der Waals surface area contributed by atoms with E-state index in [0.717, 1.165) is 10.6 Å². The average molecular weight is 513 g/mol. The molecule has 1 heterocycles. The summed E-state index contributed by atoms with van der Waals surface area (Å²) in [5.74, 6) is 1.08. The lowest BCUT2D eigenvalue weighted by Gasteiger charge is -2.22. The Kier molecular flexibility index (Phi) is 10.4. The van der Waals surface area contributed by atoms with Gasteiger partial charge in [0.15, 0.2) is 18.6 Å². The quantitative estimate of drug-likeness (QED) is 0.500. The molecule has 0 atom stereocenters. The van der Waals surface area contributed by atoms with E-state index in [1.807, 2.05) is 78.9 Å². The van der Waals surface area contributed by atoms with Crippen LogP contribution in [-0.2, 0) is 23.5 Å². The average Bonchev–Trinajstić information content (AvgIpc) is 2.93. The van der Waals surface area contributed by atoms with Crippen molar-refractivity contribution in [3.8, 4) is 11.5 Å². The van der Waals surface area contributed by atoms with E-state index in [4.69, 9.17) is 28.4 Å². The van der Waals surface area contributed by atoms with E-state index in [2.05, 4.69) is 0 Å². The smallest absolute Gasteiger partial charge is 0.171 e. The van der Waals surface area contributed by atoms with Gasteiger partial charge in [0.1, 0.15) is 13.2 Å². The van der Waals surface area contributed by atoms with Gasteiger partial charge in [-0.05, 0) is 18.2 Å². The summed E-state index contributed by atoms with van der Waals surface area (Å²) in [6.07, 6.45) is 0. The monoisotopic (exact) mass is 512 g/mol. The number of ether oxygens (including phenoxy) is 6. The third-order valence-electron chi connectivity index (χ3n) is 5.62. The third-order valence-corrected chi connectivity index (χ3v) is 8.67. The SMILES string of the molecule is O=P(c1ccccc1)(c1ccccc1)c1ccc2c(c1)OCCOCCOCCOCCOCCO2. The zero-order valence-corrected chi connectivity index (χ0v) is 21.3. The minimum Gasteiger partial charge on any atom is -0.487 e. The van der Waals surface area contributed by atoms with Gasteiger partial charge in [0.25, 0.3) is 0 Å². The summed E-state index contributed by atoms with van der Waals surface area (Å²) in [5.41, 5.74) is 0. The van der Waals surface area contributed by atoms with Gasteiger partial charge in [-0.25, -0.2) is 0 Å². The third kappa shape index (κ3) is 7.19. The van der Waals surface area contributed by atoms with Crippen molar-refractivity contribution in [3.63, 3.8) is 0 Å². The number of rotatable bonds is 3. The molecule has 1 aliphatic heterocycles. The summed E-state index contributed by atoms with van der Waals surface area (Å²) in [6.45, 7) is 4.44. The van der Waals surface area contributed by atoms with Crippen molar-refractivity contribution in [2.24, 2.45) is 0 Å². The summed E-state index contributed by atoms with van der Waals surface area (Å²) in [7, 11) is -3.14. The van der Waals surface area contributed by atoms with E-state index in [1.54, 1.807) is 0 Å². The summed E-state index contributed by atoms with van der Waals surface area (Å²) in [5, 5.41) is 2.19. The van der Waals surface area contributed by atoms with Gasteiger partial charge < -0.3 is 33.0 Å². The van der Waals surface area contributed by atoms with Crippen LogP contribution in [0.1, 0.15) is 0 Å². The van der Waals surface area contributed by atoms with Crippen molar-refractivity contribution in [1.82, 2.24) is 0 Å². The summed E-state index contributed by atoms with van der Waals surface area (Å²) in [4.78, 5) is 0. The van der Waals surface area contributed by atoms with Gasteiger partial charge in [0, 0.05) is 15.9 Å². The second kappa shape index (κ2) is 14.2. The van der Waals surface area contributed by atoms with Crippen molar-refractivity contribution in [2.45, 2.75) is 0 Å². The molecule has 0 saturated heterocycles. The van der Waals surface area contributed by atoms with Crippen molar-refractivity contribution < 1.29 is 33.0 Å². The highest BCUT2D eigenvalue weighted by Gasteiger charge is 2.30. The first-order valence-corrected chi connectivity index (χ1v) is 13.9. The van der Waals surface area contributed by atoms with Gasteiger partial charge in [-0.3, -0.25) is 0 Å². The van der Waals surface area contributed by atoms with Crippen molar-refractivity contribution >= 4 is 23.1 Å². The minimum absolute atomic E-state index is 0.320. The van der Waals surface area contributed by atoms with Crippen LogP contribution < -0.4 is 25.4 Å². The molecule has 0 aromatic heterocycles. The minimum atomic E-state index is -3.14. The van der Waals surface area contributed by atoms with Crippen LogP contribution in [0.3, 0.4) is 0 Å². The molecule has 3 aromatic rings. The van der Waals surface area contributed by atoms with Gasteiger partial charge in [0.05, 0.1) is 52.9 Å². The Balaban J connectivity index is 1.60. The Morgan fingerprint density at radius 2 is 0.861 bits per heavy atom. The van der Waals surface area contributed by atoms with Crippen LogP contribution in [0.15, 0.2) is 78.9 Å². The molecule has 0 spiro atoms.